The Balaban J connectivity index is 2.36. The van der Waals surface area contributed by atoms with Crippen LogP contribution in [0.4, 0.5) is 14.6 Å². The van der Waals surface area contributed by atoms with E-state index in [0.29, 0.717) is 24.2 Å². The van der Waals surface area contributed by atoms with Crippen molar-refractivity contribution < 1.29 is 18.3 Å². The van der Waals surface area contributed by atoms with E-state index in [1.165, 1.54) is 0 Å². The number of halogens is 2. The van der Waals surface area contributed by atoms with Gasteiger partial charge in [0, 0.05) is 43.9 Å². The predicted molar refractivity (Wildman–Crippen MR) is 76.8 cm³/mol. The SMILES string of the molecule is COc1cc(C)nc(NCCNC(=O)/C=C/C(C)(F)F)c1. The van der Waals surface area contributed by atoms with Gasteiger partial charge in [-0.15, -0.1) is 0 Å². The number of hydrogen-bond donors (Lipinski definition) is 2. The molecule has 0 aromatic carbocycles. The zero-order valence-corrected chi connectivity index (χ0v) is 12.2. The third-order valence-electron chi connectivity index (χ3n) is 2.42. The Morgan fingerprint density at radius 2 is 2.14 bits per heavy atom. The molecule has 1 aromatic heterocycles. The first-order chi connectivity index (χ1) is 9.80. The van der Waals surface area contributed by atoms with Crippen molar-refractivity contribution in [3.8, 4) is 5.75 Å². The molecule has 0 aliphatic heterocycles. The molecule has 116 valence electrons. The van der Waals surface area contributed by atoms with Crippen LogP contribution < -0.4 is 15.4 Å². The molecule has 0 saturated carbocycles. The number of nitrogens with zero attached hydrogens (tertiary/aromatic N) is 1. The van der Waals surface area contributed by atoms with Crippen LogP contribution in [0.3, 0.4) is 0 Å². The molecule has 2 N–H and O–H groups in total. The summed E-state index contributed by atoms with van der Waals surface area (Å²) in [6, 6.07) is 3.52. The highest BCUT2D eigenvalue weighted by molar-refractivity contribution is 5.87. The van der Waals surface area contributed by atoms with E-state index in [2.05, 4.69) is 15.6 Å². The summed E-state index contributed by atoms with van der Waals surface area (Å²) in [6.45, 7) is 3.26. The summed E-state index contributed by atoms with van der Waals surface area (Å²) < 4.78 is 30.1. The summed E-state index contributed by atoms with van der Waals surface area (Å²) in [5.74, 6) is -2.25. The molecule has 1 aromatic rings. The van der Waals surface area contributed by atoms with E-state index in [0.717, 1.165) is 18.7 Å². The van der Waals surface area contributed by atoms with Crippen LogP contribution in [-0.4, -0.2) is 37.0 Å². The van der Waals surface area contributed by atoms with E-state index in [4.69, 9.17) is 4.74 Å². The predicted octanol–water partition coefficient (Wildman–Crippen LogP) is 2.14. The molecule has 1 amide bonds. The van der Waals surface area contributed by atoms with Crippen molar-refractivity contribution >= 4 is 11.7 Å². The van der Waals surface area contributed by atoms with E-state index >= 15 is 0 Å². The first kappa shape index (κ1) is 16.9. The van der Waals surface area contributed by atoms with Gasteiger partial charge in [-0.2, -0.15) is 0 Å². The van der Waals surface area contributed by atoms with Crippen LogP contribution in [0, 0.1) is 6.92 Å². The summed E-state index contributed by atoms with van der Waals surface area (Å²) in [5.41, 5.74) is 0.800. The minimum Gasteiger partial charge on any atom is -0.497 e. The van der Waals surface area contributed by atoms with Crippen molar-refractivity contribution in [2.24, 2.45) is 0 Å². The van der Waals surface area contributed by atoms with Crippen LogP contribution in [0.1, 0.15) is 12.6 Å². The number of aryl methyl sites for hydroxylation is 1. The van der Waals surface area contributed by atoms with Gasteiger partial charge in [-0.3, -0.25) is 4.79 Å². The fourth-order valence-corrected chi connectivity index (χ4v) is 1.50. The quantitative estimate of drug-likeness (QED) is 0.598. The monoisotopic (exact) mass is 299 g/mol. The number of methoxy groups -OCH3 is 1. The van der Waals surface area contributed by atoms with Gasteiger partial charge in [0.05, 0.1) is 7.11 Å². The number of alkyl halides is 2. The highest BCUT2D eigenvalue weighted by atomic mass is 19.3. The van der Waals surface area contributed by atoms with Gasteiger partial charge < -0.3 is 15.4 Å². The molecule has 0 unspecified atom stereocenters. The normalized spacial score (nSPS) is 11.5. The molecule has 0 atom stereocenters. The van der Waals surface area contributed by atoms with Crippen molar-refractivity contribution in [2.45, 2.75) is 19.8 Å². The highest BCUT2D eigenvalue weighted by Gasteiger charge is 2.15. The highest BCUT2D eigenvalue weighted by Crippen LogP contribution is 2.16. The van der Waals surface area contributed by atoms with Gasteiger partial charge in [-0.25, -0.2) is 13.8 Å². The number of pyridine rings is 1. The second kappa shape index (κ2) is 7.56. The third kappa shape index (κ3) is 7.24. The topological polar surface area (TPSA) is 63.2 Å². The minimum atomic E-state index is -2.99. The first-order valence-corrected chi connectivity index (χ1v) is 6.41. The fraction of sp³-hybridized carbons (Fsp3) is 0.429. The van der Waals surface area contributed by atoms with E-state index in [1.807, 2.05) is 6.92 Å². The molecule has 0 saturated heterocycles. The molecule has 0 fully saturated rings. The van der Waals surface area contributed by atoms with Crippen molar-refractivity contribution in [3.63, 3.8) is 0 Å². The maximum atomic E-state index is 12.5. The van der Waals surface area contributed by atoms with Crippen molar-refractivity contribution in [2.75, 3.05) is 25.5 Å². The molecule has 1 rings (SSSR count). The Labute approximate surface area is 122 Å². The minimum absolute atomic E-state index is 0.288. The fourth-order valence-electron chi connectivity index (χ4n) is 1.50. The Hall–Kier alpha value is -2.18. The number of anilines is 1. The number of rotatable bonds is 7. The summed E-state index contributed by atoms with van der Waals surface area (Å²) in [5, 5.41) is 5.50. The maximum Gasteiger partial charge on any atom is 0.264 e. The molecule has 1 heterocycles. The first-order valence-electron chi connectivity index (χ1n) is 6.41. The summed E-state index contributed by atoms with van der Waals surface area (Å²) in [4.78, 5) is 15.5. The largest absolute Gasteiger partial charge is 0.497 e. The molecule has 0 aliphatic carbocycles. The van der Waals surface area contributed by atoms with Gasteiger partial charge >= 0.3 is 0 Å². The average molecular weight is 299 g/mol. The van der Waals surface area contributed by atoms with Gasteiger partial charge in [0.25, 0.3) is 5.92 Å². The van der Waals surface area contributed by atoms with E-state index < -0.39 is 11.8 Å². The summed E-state index contributed by atoms with van der Waals surface area (Å²) in [7, 11) is 1.56. The van der Waals surface area contributed by atoms with E-state index in [1.54, 1.807) is 19.2 Å². The second-order valence-corrected chi connectivity index (χ2v) is 4.54. The molecular weight excluding hydrogens is 280 g/mol. The van der Waals surface area contributed by atoms with Crippen molar-refractivity contribution in [1.82, 2.24) is 10.3 Å². The zero-order chi connectivity index (χ0) is 15.9. The maximum absolute atomic E-state index is 12.5. The van der Waals surface area contributed by atoms with Crippen molar-refractivity contribution in [1.29, 1.82) is 0 Å². The second-order valence-electron chi connectivity index (χ2n) is 4.54. The standard InChI is InChI=1S/C14H19F2N3O2/c1-10-8-11(21-3)9-12(19-10)17-6-7-18-13(20)4-5-14(2,15)16/h4-5,8-9H,6-7H2,1-3H3,(H,17,19)(H,18,20)/b5-4+. The average Bonchev–Trinajstić information content (AvgIpc) is 2.40. The molecule has 0 radical (unpaired) electrons. The van der Waals surface area contributed by atoms with Gasteiger partial charge in [0.15, 0.2) is 0 Å². The van der Waals surface area contributed by atoms with Gasteiger partial charge in [0.1, 0.15) is 11.6 Å². The number of hydrogen-bond acceptors (Lipinski definition) is 4. The number of aromatic nitrogens is 1. The number of carbonyl (C=O) groups is 1. The molecule has 0 aliphatic rings. The van der Waals surface area contributed by atoms with Crippen LogP contribution >= 0.6 is 0 Å². The number of carbonyl (C=O) groups excluding carboxylic acids is 1. The lowest BCUT2D eigenvalue weighted by Crippen LogP contribution is -2.27. The third-order valence-corrected chi connectivity index (χ3v) is 2.42. The lowest BCUT2D eigenvalue weighted by atomic mass is 10.3. The number of nitrogens with one attached hydrogen (secondary N) is 2. The van der Waals surface area contributed by atoms with Gasteiger partial charge in [-0.1, -0.05) is 0 Å². The van der Waals surface area contributed by atoms with Crippen LogP contribution in [0.25, 0.3) is 0 Å². The Kier molecular flexibility index (Phi) is 6.08. The van der Waals surface area contributed by atoms with Crippen LogP contribution in [0.5, 0.6) is 5.75 Å². The molecule has 7 heteroatoms. The Morgan fingerprint density at radius 3 is 2.76 bits per heavy atom. The van der Waals surface area contributed by atoms with Gasteiger partial charge in [0.2, 0.25) is 5.91 Å². The van der Waals surface area contributed by atoms with Crippen LogP contribution in [0.2, 0.25) is 0 Å². The lowest BCUT2D eigenvalue weighted by molar-refractivity contribution is -0.116. The molecule has 0 spiro atoms. The van der Waals surface area contributed by atoms with Crippen LogP contribution in [0.15, 0.2) is 24.3 Å². The number of ether oxygens (including phenoxy) is 1. The summed E-state index contributed by atoms with van der Waals surface area (Å²) in [6.07, 6.45) is 1.39. The Morgan fingerprint density at radius 1 is 1.43 bits per heavy atom. The smallest absolute Gasteiger partial charge is 0.264 e. The molecule has 0 bridgehead atoms. The number of amides is 1. The zero-order valence-electron chi connectivity index (χ0n) is 12.2. The molecule has 21 heavy (non-hydrogen) atoms. The molecule has 5 nitrogen and oxygen atoms in total. The lowest BCUT2D eigenvalue weighted by Gasteiger charge is -2.09. The van der Waals surface area contributed by atoms with E-state index in [9.17, 15) is 13.6 Å². The van der Waals surface area contributed by atoms with Gasteiger partial charge in [-0.05, 0) is 13.0 Å². The molecular formula is C14H19F2N3O2. The van der Waals surface area contributed by atoms with Crippen LogP contribution in [-0.2, 0) is 4.79 Å². The Bertz CT molecular complexity index is 513. The summed E-state index contributed by atoms with van der Waals surface area (Å²) >= 11 is 0. The van der Waals surface area contributed by atoms with Crippen molar-refractivity contribution in [3.05, 3.63) is 30.0 Å². The van der Waals surface area contributed by atoms with E-state index in [-0.39, 0.29) is 6.54 Å². The number of allylic oxidation sites excluding steroid dienone is 1.